The maximum absolute atomic E-state index is 12.3. The van der Waals surface area contributed by atoms with Crippen LogP contribution in [0.2, 0.25) is 0 Å². The van der Waals surface area contributed by atoms with Gasteiger partial charge in [-0.2, -0.15) is 0 Å². The first kappa shape index (κ1) is 14.0. The van der Waals surface area contributed by atoms with Gasteiger partial charge in [0, 0.05) is 19.1 Å². The number of carbonyl (C=O) groups excluding carboxylic acids is 1. The van der Waals surface area contributed by atoms with Crippen molar-refractivity contribution in [3.8, 4) is 0 Å². The van der Waals surface area contributed by atoms with Crippen LogP contribution in [0.3, 0.4) is 0 Å². The van der Waals surface area contributed by atoms with Gasteiger partial charge in [-0.1, -0.05) is 22.9 Å². The molecular formula is C12H23BrN2O. The fraction of sp³-hybridized carbons (Fsp3) is 0.917. The molecule has 0 bridgehead atoms. The highest BCUT2D eigenvalue weighted by molar-refractivity contribution is 9.10. The Hall–Kier alpha value is -0.0900. The standard InChI is InChI=1S/C12H23BrN2O/c1-5-10-9-14(4)7-6-8-15(10)11(16)12(2,3)13/h10H,5-9H2,1-4H3. The minimum Gasteiger partial charge on any atom is -0.337 e. The summed E-state index contributed by atoms with van der Waals surface area (Å²) in [6.07, 6.45) is 2.10. The van der Waals surface area contributed by atoms with Crippen LogP contribution < -0.4 is 0 Å². The molecular weight excluding hydrogens is 268 g/mol. The molecule has 1 aliphatic heterocycles. The van der Waals surface area contributed by atoms with Gasteiger partial charge in [0.25, 0.3) is 0 Å². The summed E-state index contributed by atoms with van der Waals surface area (Å²) in [5.41, 5.74) is 0. The summed E-state index contributed by atoms with van der Waals surface area (Å²) in [5, 5.41) is 0. The van der Waals surface area contributed by atoms with E-state index in [1.54, 1.807) is 0 Å². The van der Waals surface area contributed by atoms with Crippen molar-refractivity contribution < 1.29 is 4.79 Å². The van der Waals surface area contributed by atoms with Gasteiger partial charge in [0.1, 0.15) is 0 Å². The maximum atomic E-state index is 12.3. The van der Waals surface area contributed by atoms with Crippen LogP contribution in [0.25, 0.3) is 0 Å². The Bertz CT molecular complexity index is 250. The van der Waals surface area contributed by atoms with E-state index in [0.717, 1.165) is 32.5 Å². The topological polar surface area (TPSA) is 23.6 Å². The predicted octanol–water partition coefficient (Wildman–Crippen LogP) is 2.10. The van der Waals surface area contributed by atoms with Crippen molar-refractivity contribution in [1.29, 1.82) is 0 Å². The number of rotatable bonds is 2. The highest BCUT2D eigenvalue weighted by atomic mass is 79.9. The van der Waals surface area contributed by atoms with E-state index in [1.165, 1.54) is 0 Å². The lowest BCUT2D eigenvalue weighted by Gasteiger charge is -2.34. The zero-order chi connectivity index (χ0) is 12.3. The van der Waals surface area contributed by atoms with E-state index >= 15 is 0 Å². The molecule has 0 saturated carbocycles. The Morgan fingerprint density at radius 3 is 2.56 bits per heavy atom. The number of hydrogen-bond acceptors (Lipinski definition) is 2. The summed E-state index contributed by atoms with van der Waals surface area (Å²) in [5.74, 6) is 0.217. The van der Waals surface area contributed by atoms with Crippen LogP contribution in [-0.4, -0.2) is 52.8 Å². The number of hydrogen-bond donors (Lipinski definition) is 0. The largest absolute Gasteiger partial charge is 0.337 e. The normalized spacial score (nSPS) is 24.3. The summed E-state index contributed by atoms with van der Waals surface area (Å²) in [7, 11) is 2.13. The van der Waals surface area contributed by atoms with Crippen molar-refractivity contribution in [2.24, 2.45) is 0 Å². The summed E-state index contributed by atoms with van der Waals surface area (Å²) in [4.78, 5) is 16.7. The summed E-state index contributed by atoms with van der Waals surface area (Å²) in [6.45, 7) is 8.98. The second-order valence-corrected chi connectivity index (χ2v) is 7.13. The van der Waals surface area contributed by atoms with Gasteiger partial charge in [0.2, 0.25) is 5.91 Å². The van der Waals surface area contributed by atoms with Crippen LogP contribution in [0.5, 0.6) is 0 Å². The highest BCUT2D eigenvalue weighted by Gasteiger charge is 2.34. The molecule has 1 atom stereocenters. The molecule has 0 aliphatic carbocycles. The Morgan fingerprint density at radius 1 is 1.44 bits per heavy atom. The smallest absolute Gasteiger partial charge is 0.239 e. The fourth-order valence-corrected chi connectivity index (χ4v) is 2.43. The number of amides is 1. The van der Waals surface area contributed by atoms with Gasteiger partial charge in [0.05, 0.1) is 4.32 Å². The Balaban J connectivity index is 2.79. The fourth-order valence-electron chi connectivity index (χ4n) is 2.20. The molecule has 1 unspecified atom stereocenters. The molecule has 16 heavy (non-hydrogen) atoms. The van der Waals surface area contributed by atoms with Crippen LogP contribution in [0.4, 0.5) is 0 Å². The number of carbonyl (C=O) groups is 1. The van der Waals surface area contributed by atoms with Gasteiger partial charge >= 0.3 is 0 Å². The Kier molecular flexibility index (Phi) is 4.80. The lowest BCUT2D eigenvalue weighted by molar-refractivity contribution is -0.135. The summed E-state index contributed by atoms with van der Waals surface area (Å²) in [6, 6.07) is 0.358. The molecule has 94 valence electrons. The highest BCUT2D eigenvalue weighted by Crippen LogP contribution is 2.23. The van der Waals surface area contributed by atoms with Crippen molar-refractivity contribution in [2.75, 3.05) is 26.7 Å². The molecule has 0 spiro atoms. The van der Waals surface area contributed by atoms with Gasteiger partial charge in [-0.3, -0.25) is 4.79 Å². The first-order valence-electron chi connectivity index (χ1n) is 6.04. The third-order valence-electron chi connectivity index (χ3n) is 3.14. The lowest BCUT2D eigenvalue weighted by atomic mass is 10.1. The molecule has 1 fully saturated rings. The van der Waals surface area contributed by atoms with E-state index in [4.69, 9.17) is 0 Å². The maximum Gasteiger partial charge on any atom is 0.239 e. The molecule has 0 aromatic rings. The van der Waals surface area contributed by atoms with Crippen molar-refractivity contribution in [1.82, 2.24) is 9.80 Å². The monoisotopic (exact) mass is 290 g/mol. The quantitative estimate of drug-likeness (QED) is 0.727. The number of likely N-dealkylation sites (N-methyl/N-ethyl adjacent to an activating group) is 1. The minimum atomic E-state index is -0.441. The molecule has 1 saturated heterocycles. The SMILES string of the molecule is CCC1CN(C)CCCN1C(=O)C(C)(C)Br. The Morgan fingerprint density at radius 2 is 2.06 bits per heavy atom. The average Bonchev–Trinajstić information content (AvgIpc) is 2.36. The van der Waals surface area contributed by atoms with E-state index in [0.29, 0.717) is 6.04 Å². The average molecular weight is 291 g/mol. The molecule has 0 N–H and O–H groups in total. The van der Waals surface area contributed by atoms with Crippen LogP contribution >= 0.6 is 15.9 Å². The summed E-state index contributed by atoms with van der Waals surface area (Å²) < 4.78 is -0.441. The van der Waals surface area contributed by atoms with E-state index in [-0.39, 0.29) is 5.91 Å². The molecule has 1 aliphatic rings. The first-order chi connectivity index (χ1) is 7.36. The van der Waals surface area contributed by atoms with Crippen LogP contribution in [0, 0.1) is 0 Å². The second kappa shape index (κ2) is 5.50. The van der Waals surface area contributed by atoms with Crippen molar-refractivity contribution >= 4 is 21.8 Å². The van der Waals surface area contributed by atoms with E-state index in [2.05, 4.69) is 39.7 Å². The second-order valence-electron chi connectivity index (χ2n) is 5.15. The van der Waals surface area contributed by atoms with Gasteiger partial charge in [0.15, 0.2) is 0 Å². The summed E-state index contributed by atoms with van der Waals surface area (Å²) >= 11 is 3.47. The number of nitrogens with zero attached hydrogens (tertiary/aromatic N) is 2. The molecule has 4 heteroatoms. The molecule has 1 rings (SSSR count). The molecule has 1 amide bonds. The zero-order valence-electron chi connectivity index (χ0n) is 10.8. The van der Waals surface area contributed by atoms with E-state index in [9.17, 15) is 4.79 Å². The van der Waals surface area contributed by atoms with Crippen LogP contribution in [0.1, 0.15) is 33.6 Å². The minimum absolute atomic E-state index is 0.217. The third kappa shape index (κ3) is 3.45. The van der Waals surface area contributed by atoms with Crippen molar-refractivity contribution in [2.45, 2.75) is 44.0 Å². The van der Waals surface area contributed by atoms with E-state index in [1.807, 2.05) is 13.8 Å². The third-order valence-corrected chi connectivity index (χ3v) is 3.48. The molecule has 1 heterocycles. The zero-order valence-corrected chi connectivity index (χ0v) is 12.4. The number of alkyl halides is 1. The Labute approximate surface area is 107 Å². The van der Waals surface area contributed by atoms with Gasteiger partial charge in [-0.05, 0) is 40.3 Å². The van der Waals surface area contributed by atoms with Gasteiger partial charge < -0.3 is 9.80 Å². The molecule has 0 aromatic heterocycles. The first-order valence-corrected chi connectivity index (χ1v) is 6.84. The van der Waals surface area contributed by atoms with Gasteiger partial charge in [-0.15, -0.1) is 0 Å². The van der Waals surface area contributed by atoms with Crippen LogP contribution in [0.15, 0.2) is 0 Å². The lowest BCUT2D eigenvalue weighted by Crippen LogP contribution is -2.49. The van der Waals surface area contributed by atoms with Crippen molar-refractivity contribution in [3.05, 3.63) is 0 Å². The van der Waals surface area contributed by atoms with E-state index < -0.39 is 4.32 Å². The van der Waals surface area contributed by atoms with Crippen LogP contribution in [-0.2, 0) is 4.79 Å². The molecule has 0 radical (unpaired) electrons. The van der Waals surface area contributed by atoms with Gasteiger partial charge in [-0.25, -0.2) is 0 Å². The molecule has 0 aromatic carbocycles. The van der Waals surface area contributed by atoms with Crippen molar-refractivity contribution in [3.63, 3.8) is 0 Å². The predicted molar refractivity (Wildman–Crippen MR) is 70.9 cm³/mol. The molecule has 3 nitrogen and oxygen atoms in total. The number of halogens is 1.